The van der Waals surface area contributed by atoms with Crippen LogP contribution in [0.5, 0.6) is 0 Å². The lowest BCUT2D eigenvalue weighted by molar-refractivity contribution is -0.112. The average molecular weight is 391 g/mol. The van der Waals surface area contributed by atoms with Crippen LogP contribution in [-0.4, -0.2) is 22.6 Å². The molecule has 1 aromatic carbocycles. The van der Waals surface area contributed by atoms with E-state index in [4.69, 9.17) is 27.9 Å². The number of carbonyl (C=O) groups is 2. The van der Waals surface area contributed by atoms with Crippen LogP contribution in [0.25, 0.3) is 11.6 Å². The number of rotatable bonds is 1. The fraction of sp³-hybridized carbons (Fsp3) is 0.211. The zero-order valence-corrected chi connectivity index (χ0v) is 15.9. The second kappa shape index (κ2) is 6.74. The highest BCUT2D eigenvalue weighted by Crippen LogP contribution is 2.40. The molecule has 0 saturated carbocycles. The number of hydrogen-bond donors (Lipinski definition) is 0. The first-order chi connectivity index (χ1) is 12.2. The molecule has 1 aliphatic rings. The Bertz CT molecular complexity index is 933. The van der Waals surface area contributed by atoms with Gasteiger partial charge in [-0.1, -0.05) is 29.3 Å². The van der Waals surface area contributed by atoms with Gasteiger partial charge in [0.05, 0.1) is 16.3 Å². The van der Waals surface area contributed by atoms with Crippen molar-refractivity contribution < 1.29 is 14.3 Å². The summed E-state index contributed by atoms with van der Waals surface area (Å²) in [5.74, 6) is -0.489. The van der Waals surface area contributed by atoms with E-state index in [2.05, 4.69) is 4.98 Å². The van der Waals surface area contributed by atoms with Gasteiger partial charge in [-0.25, -0.2) is 9.69 Å². The Morgan fingerprint density at radius 3 is 2.54 bits per heavy atom. The first kappa shape index (κ1) is 18.4. The number of anilines is 1. The lowest BCUT2D eigenvalue weighted by Crippen LogP contribution is -2.38. The van der Waals surface area contributed by atoms with Crippen molar-refractivity contribution in [1.82, 2.24) is 4.98 Å². The first-order valence-corrected chi connectivity index (χ1v) is 8.61. The van der Waals surface area contributed by atoms with E-state index in [-0.39, 0.29) is 0 Å². The number of nitrogens with zero attached hydrogens (tertiary/aromatic N) is 2. The lowest BCUT2D eigenvalue weighted by Gasteiger charge is -2.23. The average Bonchev–Trinajstić information content (AvgIpc) is 2.77. The number of benzene rings is 1. The van der Waals surface area contributed by atoms with Gasteiger partial charge in [0.25, 0.3) is 5.91 Å². The Kier molecular flexibility index (Phi) is 4.78. The highest BCUT2D eigenvalue weighted by Gasteiger charge is 2.39. The summed E-state index contributed by atoms with van der Waals surface area (Å²) < 4.78 is 5.37. The SMILES string of the molecule is CC(C)(C)OC(=O)N1C(=O)C(=Cc2cncc(Cl)c2)c2ccc(Cl)cc21. The predicted molar refractivity (Wildman–Crippen MR) is 102 cm³/mol. The molecule has 2 heterocycles. The summed E-state index contributed by atoms with van der Waals surface area (Å²) in [7, 11) is 0. The zero-order valence-electron chi connectivity index (χ0n) is 14.4. The van der Waals surface area contributed by atoms with Gasteiger partial charge in [0.2, 0.25) is 0 Å². The van der Waals surface area contributed by atoms with Crippen LogP contribution < -0.4 is 4.90 Å². The molecular formula is C19H16Cl2N2O3. The minimum Gasteiger partial charge on any atom is -0.443 e. The van der Waals surface area contributed by atoms with Crippen LogP contribution in [0.15, 0.2) is 36.7 Å². The molecule has 134 valence electrons. The van der Waals surface area contributed by atoms with Gasteiger partial charge in [-0.3, -0.25) is 9.78 Å². The predicted octanol–water partition coefficient (Wildman–Crippen LogP) is 5.21. The largest absolute Gasteiger partial charge is 0.443 e. The summed E-state index contributed by atoms with van der Waals surface area (Å²) >= 11 is 12.0. The number of hydrogen-bond acceptors (Lipinski definition) is 4. The van der Waals surface area contributed by atoms with E-state index in [9.17, 15) is 9.59 Å². The van der Waals surface area contributed by atoms with E-state index in [1.54, 1.807) is 57.3 Å². The second-order valence-electron chi connectivity index (χ2n) is 6.78. The molecule has 3 rings (SSSR count). The topological polar surface area (TPSA) is 59.5 Å². The van der Waals surface area contributed by atoms with Gasteiger partial charge in [-0.2, -0.15) is 0 Å². The molecule has 2 aromatic rings. The lowest BCUT2D eigenvalue weighted by atomic mass is 10.0. The van der Waals surface area contributed by atoms with Crippen molar-refractivity contribution in [3.63, 3.8) is 0 Å². The third-order valence-electron chi connectivity index (χ3n) is 3.54. The molecule has 0 saturated heterocycles. The van der Waals surface area contributed by atoms with E-state index in [0.717, 1.165) is 4.90 Å². The maximum atomic E-state index is 13.0. The van der Waals surface area contributed by atoms with Crippen molar-refractivity contribution in [2.24, 2.45) is 0 Å². The number of fused-ring (bicyclic) bond motifs is 1. The highest BCUT2D eigenvalue weighted by molar-refractivity contribution is 6.42. The van der Waals surface area contributed by atoms with Crippen molar-refractivity contribution in [1.29, 1.82) is 0 Å². The van der Waals surface area contributed by atoms with Crippen LogP contribution in [0.4, 0.5) is 10.5 Å². The van der Waals surface area contributed by atoms with Crippen molar-refractivity contribution in [2.75, 3.05) is 4.90 Å². The van der Waals surface area contributed by atoms with E-state index in [1.807, 2.05) is 0 Å². The summed E-state index contributed by atoms with van der Waals surface area (Å²) in [5.41, 5.74) is 1.22. The first-order valence-electron chi connectivity index (χ1n) is 7.85. The normalized spacial score (nSPS) is 15.3. The van der Waals surface area contributed by atoms with Crippen molar-refractivity contribution in [2.45, 2.75) is 26.4 Å². The standard InChI is InChI=1S/C19H16Cl2N2O3/c1-19(2,3)26-18(25)23-16-8-12(20)4-5-14(16)15(17(23)24)7-11-6-13(21)10-22-9-11/h4-10H,1-3H3. The van der Waals surface area contributed by atoms with Gasteiger partial charge < -0.3 is 4.74 Å². The Labute approximate surface area is 161 Å². The molecule has 7 heteroatoms. The molecule has 1 aromatic heterocycles. The number of halogens is 2. The molecule has 0 fully saturated rings. The van der Waals surface area contributed by atoms with E-state index in [0.29, 0.717) is 32.4 Å². The van der Waals surface area contributed by atoms with Gasteiger partial charge in [0, 0.05) is 23.0 Å². The van der Waals surface area contributed by atoms with E-state index in [1.165, 1.54) is 6.20 Å². The van der Waals surface area contributed by atoms with E-state index < -0.39 is 17.6 Å². The molecule has 0 unspecified atom stereocenters. The van der Waals surface area contributed by atoms with Gasteiger partial charge in [-0.15, -0.1) is 0 Å². The Morgan fingerprint density at radius 2 is 1.88 bits per heavy atom. The van der Waals surface area contributed by atoms with Gasteiger partial charge in [0.15, 0.2) is 0 Å². The monoisotopic (exact) mass is 390 g/mol. The Morgan fingerprint density at radius 1 is 1.15 bits per heavy atom. The highest BCUT2D eigenvalue weighted by atomic mass is 35.5. The van der Waals surface area contributed by atoms with Crippen LogP contribution >= 0.6 is 23.2 Å². The van der Waals surface area contributed by atoms with Crippen molar-refractivity contribution >= 4 is 52.5 Å². The smallest absolute Gasteiger partial charge is 0.422 e. The number of amides is 2. The molecule has 26 heavy (non-hydrogen) atoms. The molecule has 5 nitrogen and oxygen atoms in total. The number of pyridine rings is 1. The number of imide groups is 1. The van der Waals surface area contributed by atoms with Crippen LogP contribution in [-0.2, 0) is 9.53 Å². The van der Waals surface area contributed by atoms with Gasteiger partial charge >= 0.3 is 6.09 Å². The maximum absolute atomic E-state index is 13.0. The third-order valence-corrected chi connectivity index (χ3v) is 3.98. The molecule has 0 spiro atoms. The maximum Gasteiger partial charge on any atom is 0.422 e. The summed E-state index contributed by atoms with van der Waals surface area (Å²) in [6.07, 6.45) is 3.97. The zero-order chi connectivity index (χ0) is 19.1. The molecule has 0 bridgehead atoms. The van der Waals surface area contributed by atoms with Gasteiger partial charge in [-0.05, 0) is 50.6 Å². The fourth-order valence-corrected chi connectivity index (χ4v) is 2.91. The van der Waals surface area contributed by atoms with Crippen LogP contribution in [0, 0.1) is 0 Å². The van der Waals surface area contributed by atoms with Crippen molar-refractivity contribution in [3.05, 3.63) is 57.8 Å². The molecule has 1 aliphatic heterocycles. The third kappa shape index (κ3) is 3.74. The summed E-state index contributed by atoms with van der Waals surface area (Å²) in [6, 6.07) is 6.61. The Balaban J connectivity index is 2.09. The van der Waals surface area contributed by atoms with Gasteiger partial charge in [0.1, 0.15) is 5.60 Å². The molecule has 0 aliphatic carbocycles. The number of aromatic nitrogens is 1. The molecular weight excluding hydrogens is 375 g/mol. The number of carbonyl (C=O) groups excluding carboxylic acids is 2. The van der Waals surface area contributed by atoms with E-state index >= 15 is 0 Å². The quantitative estimate of drug-likeness (QED) is 0.626. The van der Waals surface area contributed by atoms with Crippen molar-refractivity contribution in [3.8, 4) is 0 Å². The minimum atomic E-state index is -0.751. The fourth-order valence-electron chi connectivity index (χ4n) is 2.56. The summed E-state index contributed by atoms with van der Waals surface area (Å²) in [4.78, 5) is 30.5. The summed E-state index contributed by atoms with van der Waals surface area (Å²) in [6.45, 7) is 5.20. The van der Waals surface area contributed by atoms with Crippen LogP contribution in [0.2, 0.25) is 10.0 Å². The molecule has 0 N–H and O–H groups in total. The minimum absolute atomic E-state index is 0.339. The van der Waals surface area contributed by atoms with Crippen LogP contribution in [0.3, 0.4) is 0 Å². The summed E-state index contributed by atoms with van der Waals surface area (Å²) in [5, 5.41) is 0.862. The Hall–Kier alpha value is -2.37. The molecule has 2 amide bonds. The van der Waals surface area contributed by atoms with Crippen LogP contribution in [0.1, 0.15) is 31.9 Å². The molecule has 0 radical (unpaired) electrons. The number of ether oxygens (including phenoxy) is 1. The molecule has 0 atom stereocenters. The second-order valence-corrected chi connectivity index (χ2v) is 7.65.